The van der Waals surface area contributed by atoms with Crippen LogP contribution in [0.3, 0.4) is 0 Å². The Morgan fingerprint density at radius 1 is 1.21 bits per heavy atom. The summed E-state index contributed by atoms with van der Waals surface area (Å²) < 4.78 is 5.42. The van der Waals surface area contributed by atoms with Gasteiger partial charge in [-0.05, 0) is 24.6 Å². The Balaban J connectivity index is 1.36. The second-order valence-electron chi connectivity index (χ2n) is 7.13. The van der Waals surface area contributed by atoms with Crippen LogP contribution in [0, 0.1) is 17.0 Å². The Hall–Kier alpha value is -3.50. The van der Waals surface area contributed by atoms with Gasteiger partial charge in [0.2, 0.25) is 5.91 Å². The first-order chi connectivity index (χ1) is 15.9. The summed E-state index contributed by atoms with van der Waals surface area (Å²) >= 11 is 2.78. The predicted molar refractivity (Wildman–Crippen MR) is 131 cm³/mol. The monoisotopic (exact) mass is 480 g/mol. The van der Waals surface area contributed by atoms with Gasteiger partial charge < -0.3 is 10.1 Å². The second-order valence-corrected chi connectivity index (χ2v) is 9.10. The van der Waals surface area contributed by atoms with Crippen molar-refractivity contribution in [3.8, 4) is 17.0 Å². The lowest BCUT2D eigenvalue weighted by Gasteiger charge is -2.09. The number of aryl methyl sites for hydroxylation is 1. The lowest BCUT2D eigenvalue weighted by Crippen LogP contribution is -2.12. The van der Waals surface area contributed by atoms with Crippen molar-refractivity contribution < 1.29 is 14.5 Å². The number of rotatable bonds is 8. The molecular weight excluding hydrogens is 460 g/mol. The van der Waals surface area contributed by atoms with Gasteiger partial charge >= 0.3 is 0 Å². The highest BCUT2D eigenvalue weighted by molar-refractivity contribution is 7.99. The maximum atomic E-state index is 12.4. The number of nitro benzene ring substituents is 1. The number of pyridine rings is 1. The van der Waals surface area contributed by atoms with E-state index < -0.39 is 4.92 Å². The molecule has 0 radical (unpaired) electrons. The van der Waals surface area contributed by atoms with Gasteiger partial charge in [-0.2, -0.15) is 0 Å². The highest BCUT2D eigenvalue weighted by Gasteiger charge is 2.12. The van der Waals surface area contributed by atoms with E-state index in [0.29, 0.717) is 28.6 Å². The van der Waals surface area contributed by atoms with Crippen LogP contribution >= 0.6 is 23.1 Å². The number of carbonyl (C=O) groups excluding carboxylic acids is 1. The van der Waals surface area contributed by atoms with E-state index in [4.69, 9.17) is 9.72 Å². The molecule has 0 bridgehead atoms. The fraction of sp³-hybridized carbons (Fsp3) is 0.174. The van der Waals surface area contributed by atoms with Crippen LogP contribution in [-0.2, 0) is 4.79 Å². The molecule has 0 fully saturated rings. The summed E-state index contributed by atoms with van der Waals surface area (Å²) in [5, 5.41) is 17.9. The summed E-state index contributed by atoms with van der Waals surface area (Å²) in [5.41, 5.74) is 3.12. The van der Waals surface area contributed by atoms with E-state index >= 15 is 0 Å². The summed E-state index contributed by atoms with van der Waals surface area (Å²) in [5.74, 6) is 1.12. The number of nitrogens with one attached hydrogen (secondary N) is 1. The smallest absolute Gasteiger partial charge is 0.270 e. The van der Waals surface area contributed by atoms with Gasteiger partial charge in [-0.1, -0.05) is 24.3 Å². The van der Waals surface area contributed by atoms with E-state index in [0.717, 1.165) is 27.2 Å². The van der Waals surface area contributed by atoms with Crippen LogP contribution in [0.25, 0.3) is 22.2 Å². The first-order valence-corrected chi connectivity index (χ1v) is 11.9. The number of amides is 1. The van der Waals surface area contributed by atoms with Crippen molar-refractivity contribution in [1.29, 1.82) is 0 Å². The van der Waals surface area contributed by atoms with Crippen molar-refractivity contribution in [2.45, 2.75) is 18.4 Å². The zero-order chi connectivity index (χ0) is 23.4. The largest absolute Gasteiger partial charge is 0.494 e. The molecule has 33 heavy (non-hydrogen) atoms. The number of hydrogen-bond acceptors (Lipinski definition) is 8. The van der Waals surface area contributed by atoms with E-state index in [1.54, 1.807) is 24.6 Å². The number of nitrogens with zero attached hydrogens (tertiary/aromatic N) is 3. The summed E-state index contributed by atoms with van der Waals surface area (Å²) in [6, 6.07) is 14.1. The number of aromatic nitrogens is 2. The quantitative estimate of drug-likeness (QED) is 0.196. The summed E-state index contributed by atoms with van der Waals surface area (Å²) in [6.07, 6.45) is 0.293. The van der Waals surface area contributed by atoms with E-state index in [2.05, 4.69) is 10.3 Å². The SMILES string of the molecule is COc1cccc2c(C)cc(SCCC(=O)Nc3nc(-c4cccc([N+](=O)[O-])c4)cs3)nc12. The molecule has 0 aliphatic carbocycles. The average Bonchev–Trinajstić information content (AvgIpc) is 3.27. The molecule has 1 N–H and O–H groups in total. The van der Waals surface area contributed by atoms with Crippen LogP contribution in [0.2, 0.25) is 0 Å². The molecule has 0 aliphatic heterocycles. The zero-order valence-corrected chi connectivity index (χ0v) is 19.5. The highest BCUT2D eigenvalue weighted by atomic mass is 32.2. The topological polar surface area (TPSA) is 107 Å². The molecule has 2 heterocycles. The van der Waals surface area contributed by atoms with Crippen LogP contribution in [0.15, 0.2) is 58.9 Å². The van der Waals surface area contributed by atoms with Crippen LogP contribution in [0.1, 0.15) is 12.0 Å². The van der Waals surface area contributed by atoms with Crippen molar-refractivity contribution in [2.24, 2.45) is 0 Å². The highest BCUT2D eigenvalue weighted by Crippen LogP contribution is 2.30. The average molecular weight is 481 g/mol. The van der Waals surface area contributed by atoms with Crippen molar-refractivity contribution >= 4 is 50.7 Å². The molecule has 0 spiro atoms. The van der Waals surface area contributed by atoms with E-state index in [1.165, 1.54) is 35.2 Å². The first-order valence-electron chi connectivity index (χ1n) is 10.0. The van der Waals surface area contributed by atoms with Gasteiger partial charge in [0.25, 0.3) is 5.69 Å². The second kappa shape index (κ2) is 9.97. The molecule has 0 saturated heterocycles. The third kappa shape index (κ3) is 5.29. The molecule has 10 heteroatoms. The Bertz CT molecular complexity index is 1340. The first kappa shape index (κ1) is 22.7. The summed E-state index contributed by atoms with van der Waals surface area (Å²) in [4.78, 5) is 32.0. The number of anilines is 1. The van der Waals surface area contributed by atoms with Crippen LogP contribution < -0.4 is 10.1 Å². The lowest BCUT2D eigenvalue weighted by atomic mass is 10.1. The van der Waals surface area contributed by atoms with Gasteiger partial charge in [0, 0.05) is 40.6 Å². The third-order valence-electron chi connectivity index (χ3n) is 4.89. The van der Waals surface area contributed by atoms with Gasteiger partial charge in [-0.3, -0.25) is 14.9 Å². The number of benzene rings is 2. The number of para-hydroxylation sites is 1. The predicted octanol–water partition coefficient (Wildman–Crippen LogP) is 5.70. The molecule has 2 aromatic carbocycles. The molecule has 4 aromatic rings. The fourth-order valence-corrected chi connectivity index (χ4v) is 4.92. The Morgan fingerprint density at radius 3 is 2.82 bits per heavy atom. The summed E-state index contributed by atoms with van der Waals surface area (Å²) in [7, 11) is 1.62. The standard InChI is InChI=1S/C23H20N4O4S2/c1-14-11-21(26-22-17(14)7-4-8-19(22)31-2)32-10-9-20(28)25-23-24-18(13-33-23)15-5-3-6-16(12-15)27(29)30/h3-8,11-13H,9-10H2,1-2H3,(H,24,25,28). The molecule has 4 rings (SSSR count). The number of non-ortho nitro benzene ring substituents is 1. The fourth-order valence-electron chi connectivity index (χ4n) is 3.27. The minimum atomic E-state index is -0.446. The minimum Gasteiger partial charge on any atom is -0.494 e. The number of thiazole rings is 1. The van der Waals surface area contributed by atoms with E-state index in [9.17, 15) is 14.9 Å². The van der Waals surface area contributed by atoms with Crippen LogP contribution in [-0.4, -0.2) is 33.7 Å². The van der Waals surface area contributed by atoms with Crippen molar-refractivity contribution in [3.05, 3.63) is 69.6 Å². The molecule has 168 valence electrons. The molecule has 1 amide bonds. The minimum absolute atomic E-state index is 0.00160. The Morgan fingerprint density at radius 2 is 2.03 bits per heavy atom. The maximum absolute atomic E-state index is 12.4. The van der Waals surface area contributed by atoms with Gasteiger partial charge in [0.1, 0.15) is 11.3 Å². The van der Waals surface area contributed by atoms with Gasteiger partial charge in [0.05, 0.1) is 22.8 Å². The lowest BCUT2D eigenvalue weighted by molar-refractivity contribution is -0.384. The summed E-state index contributed by atoms with van der Waals surface area (Å²) in [6.45, 7) is 2.03. The molecule has 0 aliphatic rings. The number of fused-ring (bicyclic) bond motifs is 1. The molecule has 8 nitrogen and oxygen atoms in total. The zero-order valence-electron chi connectivity index (χ0n) is 17.9. The van der Waals surface area contributed by atoms with E-state index in [-0.39, 0.29) is 11.6 Å². The van der Waals surface area contributed by atoms with Gasteiger partial charge in [-0.25, -0.2) is 9.97 Å². The van der Waals surface area contributed by atoms with Gasteiger partial charge in [0.15, 0.2) is 5.13 Å². The number of carbonyl (C=O) groups is 1. The number of nitro groups is 1. The number of ether oxygens (including phenoxy) is 1. The Labute approximate surface area is 198 Å². The number of hydrogen-bond donors (Lipinski definition) is 1. The van der Waals surface area contributed by atoms with Crippen LogP contribution in [0.5, 0.6) is 5.75 Å². The molecular formula is C23H20N4O4S2. The van der Waals surface area contributed by atoms with E-state index in [1.807, 2.05) is 31.2 Å². The van der Waals surface area contributed by atoms with Gasteiger partial charge in [-0.15, -0.1) is 23.1 Å². The maximum Gasteiger partial charge on any atom is 0.270 e. The molecule has 0 saturated carbocycles. The molecule has 0 atom stereocenters. The third-order valence-corrected chi connectivity index (χ3v) is 6.56. The van der Waals surface area contributed by atoms with Crippen LogP contribution in [0.4, 0.5) is 10.8 Å². The van der Waals surface area contributed by atoms with Crippen molar-refractivity contribution in [3.63, 3.8) is 0 Å². The number of methoxy groups -OCH3 is 1. The number of thioether (sulfide) groups is 1. The Kier molecular flexibility index (Phi) is 6.85. The van der Waals surface area contributed by atoms with Crippen molar-refractivity contribution in [1.82, 2.24) is 9.97 Å². The molecule has 2 aromatic heterocycles. The normalized spacial score (nSPS) is 10.8. The van der Waals surface area contributed by atoms with Crippen molar-refractivity contribution in [2.75, 3.05) is 18.2 Å². The molecule has 0 unspecified atom stereocenters.